The van der Waals surface area contributed by atoms with Gasteiger partial charge < -0.3 is 9.47 Å². The molecule has 0 N–H and O–H groups in total. The van der Waals surface area contributed by atoms with E-state index in [0.29, 0.717) is 32.1 Å². The average Bonchev–Trinajstić information content (AvgIpc) is 2.93. The average molecular weight is 553 g/mol. The molecule has 0 aliphatic heterocycles. The predicted octanol–water partition coefficient (Wildman–Crippen LogP) is 9.84. The number of hydrogen-bond donors (Lipinski definition) is 0. The first-order valence-corrected chi connectivity index (χ1v) is 15.8. The lowest BCUT2D eigenvalue weighted by Crippen LogP contribution is -2.33. The zero-order valence-electron chi connectivity index (χ0n) is 24.3. The lowest BCUT2D eigenvalue weighted by molar-refractivity contribution is -0.157. The van der Waals surface area contributed by atoms with Crippen molar-refractivity contribution in [3.05, 3.63) is 29.6 Å². The van der Waals surface area contributed by atoms with Gasteiger partial charge in [0, 0.05) is 6.42 Å². The number of alkyl halides is 2. The molecule has 0 radical (unpaired) electrons. The van der Waals surface area contributed by atoms with E-state index in [0.717, 1.165) is 37.2 Å². The molecule has 0 heterocycles. The van der Waals surface area contributed by atoms with Crippen LogP contribution in [0.1, 0.15) is 129 Å². The highest BCUT2D eigenvalue weighted by Crippen LogP contribution is 2.38. The quantitative estimate of drug-likeness (QED) is 0.151. The molecule has 2 aliphatic rings. The molecule has 39 heavy (non-hydrogen) atoms. The van der Waals surface area contributed by atoms with Crippen molar-refractivity contribution < 1.29 is 27.4 Å². The van der Waals surface area contributed by atoms with Crippen LogP contribution in [0.25, 0.3) is 0 Å². The van der Waals surface area contributed by atoms with E-state index in [4.69, 9.17) is 9.47 Å². The Bertz CT molecular complexity index is 843. The second-order valence-electron chi connectivity index (χ2n) is 12.2. The van der Waals surface area contributed by atoms with Gasteiger partial charge in [0.2, 0.25) is 0 Å². The Balaban J connectivity index is 1.28. The first-order chi connectivity index (χ1) is 18.8. The molecule has 0 aromatic heterocycles. The molecule has 0 unspecified atom stereocenters. The number of carbonyl (C=O) groups excluding carboxylic acids is 1. The summed E-state index contributed by atoms with van der Waals surface area (Å²) in [5.74, 6) is -3.49. The summed E-state index contributed by atoms with van der Waals surface area (Å²) < 4.78 is 54.3. The zero-order chi connectivity index (χ0) is 28.1. The molecule has 2 aliphatic carbocycles. The van der Waals surface area contributed by atoms with Gasteiger partial charge in [-0.3, -0.25) is 4.79 Å². The van der Waals surface area contributed by atoms with Gasteiger partial charge in [0.25, 0.3) is 5.92 Å². The minimum absolute atomic E-state index is 0.0220. The van der Waals surface area contributed by atoms with E-state index in [1.807, 2.05) is 6.92 Å². The molecule has 0 amide bonds. The highest BCUT2D eigenvalue weighted by Gasteiger charge is 2.37. The van der Waals surface area contributed by atoms with Crippen molar-refractivity contribution in [3.63, 3.8) is 0 Å². The molecule has 222 valence electrons. The van der Waals surface area contributed by atoms with Crippen molar-refractivity contribution in [3.8, 4) is 5.75 Å². The number of rotatable bonds is 16. The summed E-state index contributed by atoms with van der Waals surface area (Å²) in [5.41, 5.74) is 0.799. The van der Waals surface area contributed by atoms with Gasteiger partial charge in [-0.1, -0.05) is 71.3 Å². The van der Waals surface area contributed by atoms with E-state index < -0.39 is 18.3 Å². The second-order valence-corrected chi connectivity index (χ2v) is 12.2. The van der Waals surface area contributed by atoms with Gasteiger partial charge in [-0.25, -0.2) is 13.2 Å². The summed E-state index contributed by atoms with van der Waals surface area (Å²) in [6.07, 6.45) is 17.6. The third-order valence-corrected chi connectivity index (χ3v) is 8.90. The highest BCUT2D eigenvalue weighted by atomic mass is 19.3. The van der Waals surface area contributed by atoms with Gasteiger partial charge in [-0.05, 0) is 87.3 Å². The van der Waals surface area contributed by atoms with Crippen LogP contribution in [0.15, 0.2) is 18.2 Å². The summed E-state index contributed by atoms with van der Waals surface area (Å²) in [7, 11) is 0. The van der Waals surface area contributed by atoms with E-state index in [1.54, 1.807) is 6.07 Å². The van der Waals surface area contributed by atoms with E-state index >= 15 is 0 Å². The SMILES string of the molecule is CCCCCCCCCC1CCC(OC(=O)C2CCC(CC(F)(F)COc3ccc(CC)cc3F)CC2)CC1. The van der Waals surface area contributed by atoms with Gasteiger partial charge in [0.1, 0.15) is 6.10 Å². The van der Waals surface area contributed by atoms with Crippen molar-refractivity contribution in [2.45, 2.75) is 141 Å². The van der Waals surface area contributed by atoms with Gasteiger partial charge in [-0.2, -0.15) is 0 Å². The fourth-order valence-corrected chi connectivity index (χ4v) is 6.34. The summed E-state index contributed by atoms with van der Waals surface area (Å²) >= 11 is 0. The van der Waals surface area contributed by atoms with Crippen molar-refractivity contribution >= 4 is 5.97 Å². The fraction of sp³-hybridized carbons (Fsp3) is 0.788. The lowest BCUT2D eigenvalue weighted by Gasteiger charge is -2.32. The maximum absolute atomic E-state index is 14.6. The predicted molar refractivity (Wildman–Crippen MR) is 151 cm³/mol. The van der Waals surface area contributed by atoms with Crippen molar-refractivity contribution in [2.24, 2.45) is 17.8 Å². The topological polar surface area (TPSA) is 35.5 Å². The summed E-state index contributed by atoms with van der Waals surface area (Å²) in [4.78, 5) is 12.8. The zero-order valence-corrected chi connectivity index (χ0v) is 24.3. The molecule has 0 atom stereocenters. The molecule has 0 saturated heterocycles. The van der Waals surface area contributed by atoms with E-state index in [2.05, 4.69) is 6.92 Å². The van der Waals surface area contributed by atoms with Crippen LogP contribution in [-0.4, -0.2) is 24.6 Å². The number of esters is 1. The van der Waals surface area contributed by atoms with E-state index in [-0.39, 0.29) is 36.1 Å². The monoisotopic (exact) mass is 552 g/mol. The number of carbonyl (C=O) groups is 1. The second kappa shape index (κ2) is 16.5. The van der Waals surface area contributed by atoms with Gasteiger partial charge in [0.15, 0.2) is 18.2 Å². The Kier molecular flexibility index (Phi) is 13.5. The van der Waals surface area contributed by atoms with Crippen LogP contribution in [0.5, 0.6) is 5.75 Å². The number of benzene rings is 1. The van der Waals surface area contributed by atoms with Gasteiger partial charge in [0.05, 0.1) is 5.92 Å². The molecule has 1 aromatic carbocycles. The molecule has 2 fully saturated rings. The molecule has 3 rings (SSSR count). The van der Waals surface area contributed by atoms with Crippen LogP contribution in [0.2, 0.25) is 0 Å². The van der Waals surface area contributed by atoms with Crippen LogP contribution < -0.4 is 4.74 Å². The maximum Gasteiger partial charge on any atom is 0.309 e. The minimum Gasteiger partial charge on any atom is -0.484 e. The Morgan fingerprint density at radius 2 is 1.51 bits per heavy atom. The standard InChI is InChI=1S/C33H51F3O3/c1-3-5-6-7-8-9-10-11-26-14-19-29(20-15-26)39-32(37)28-17-12-27(13-18-28)23-33(35,36)24-38-31-21-16-25(4-2)22-30(31)34/h16,21-22,26-29H,3-15,17-20,23-24H2,1-2H3. The molecule has 0 spiro atoms. The van der Waals surface area contributed by atoms with Crippen LogP contribution in [-0.2, 0) is 16.0 Å². The van der Waals surface area contributed by atoms with Gasteiger partial charge >= 0.3 is 5.97 Å². The van der Waals surface area contributed by atoms with E-state index in [9.17, 15) is 18.0 Å². The van der Waals surface area contributed by atoms with Crippen molar-refractivity contribution in [2.75, 3.05) is 6.61 Å². The van der Waals surface area contributed by atoms with Crippen LogP contribution in [0.3, 0.4) is 0 Å². The Hall–Kier alpha value is -1.72. The fourth-order valence-electron chi connectivity index (χ4n) is 6.34. The van der Waals surface area contributed by atoms with E-state index in [1.165, 1.54) is 63.5 Å². The first kappa shape index (κ1) is 31.8. The summed E-state index contributed by atoms with van der Waals surface area (Å²) in [6.45, 7) is 3.32. The first-order valence-electron chi connectivity index (χ1n) is 15.8. The smallest absolute Gasteiger partial charge is 0.309 e. The molecule has 2 saturated carbocycles. The van der Waals surface area contributed by atoms with Crippen LogP contribution >= 0.6 is 0 Å². The Labute approximate surface area is 234 Å². The summed E-state index contributed by atoms with van der Waals surface area (Å²) in [6, 6.07) is 4.45. The number of aryl methyl sites for hydroxylation is 1. The van der Waals surface area contributed by atoms with Gasteiger partial charge in [-0.15, -0.1) is 0 Å². The molecular weight excluding hydrogens is 501 g/mol. The number of halogens is 3. The van der Waals surface area contributed by atoms with Crippen molar-refractivity contribution in [1.82, 2.24) is 0 Å². The van der Waals surface area contributed by atoms with Crippen LogP contribution in [0.4, 0.5) is 13.2 Å². The normalized spacial score (nSPS) is 23.9. The third-order valence-electron chi connectivity index (χ3n) is 8.90. The number of hydrogen-bond acceptors (Lipinski definition) is 3. The molecule has 0 bridgehead atoms. The van der Waals surface area contributed by atoms with Crippen LogP contribution in [0, 0.1) is 23.6 Å². The Morgan fingerprint density at radius 1 is 0.872 bits per heavy atom. The number of unbranched alkanes of at least 4 members (excludes halogenated alkanes) is 6. The molecule has 3 nitrogen and oxygen atoms in total. The maximum atomic E-state index is 14.6. The third kappa shape index (κ3) is 11.4. The molecular formula is C33H51F3O3. The largest absolute Gasteiger partial charge is 0.484 e. The highest BCUT2D eigenvalue weighted by molar-refractivity contribution is 5.72. The molecule has 6 heteroatoms. The Morgan fingerprint density at radius 3 is 2.15 bits per heavy atom. The summed E-state index contributed by atoms with van der Waals surface area (Å²) in [5, 5.41) is 0. The lowest BCUT2D eigenvalue weighted by atomic mass is 9.79. The number of ether oxygens (including phenoxy) is 2. The minimum atomic E-state index is -3.04. The van der Waals surface area contributed by atoms with Crippen molar-refractivity contribution in [1.29, 1.82) is 0 Å². The molecule has 1 aromatic rings.